The predicted molar refractivity (Wildman–Crippen MR) is 105 cm³/mol. The molecule has 3 aliphatic rings. The summed E-state index contributed by atoms with van der Waals surface area (Å²) < 4.78 is 0. The Balaban J connectivity index is 1.40. The summed E-state index contributed by atoms with van der Waals surface area (Å²) in [6.07, 6.45) is 6.10. The monoisotopic (exact) mass is 400 g/mol. The van der Waals surface area contributed by atoms with E-state index in [1.807, 2.05) is 0 Å². The van der Waals surface area contributed by atoms with E-state index in [9.17, 15) is 19.6 Å². The van der Waals surface area contributed by atoms with Crippen molar-refractivity contribution in [2.75, 3.05) is 11.9 Å². The minimum Gasteiger partial charge on any atom is -0.323 e. The molecule has 1 saturated heterocycles. The highest BCUT2D eigenvalue weighted by Gasteiger charge is 2.52. The van der Waals surface area contributed by atoms with Crippen molar-refractivity contribution in [2.24, 2.45) is 5.92 Å². The molecule has 1 aromatic rings. The van der Waals surface area contributed by atoms with Crippen LogP contribution in [0.15, 0.2) is 0 Å². The maximum Gasteiger partial charge on any atom is 0.325 e. The van der Waals surface area contributed by atoms with Gasteiger partial charge in [-0.25, -0.2) is 4.79 Å². The molecule has 1 spiro atoms. The average molecular weight is 401 g/mol. The highest BCUT2D eigenvalue weighted by Crippen LogP contribution is 2.39. The van der Waals surface area contributed by atoms with Crippen molar-refractivity contribution in [1.82, 2.24) is 10.2 Å². The Hall–Kier alpha value is -2.40. The Labute approximate surface area is 168 Å². The molecule has 2 aliphatic carbocycles. The van der Waals surface area contributed by atoms with Crippen LogP contribution in [0.2, 0.25) is 0 Å². The average Bonchev–Trinajstić information content (AvgIpc) is 3.31. The molecule has 148 valence electrons. The van der Waals surface area contributed by atoms with Crippen LogP contribution >= 0.6 is 11.3 Å². The van der Waals surface area contributed by atoms with Crippen LogP contribution < -0.4 is 10.6 Å². The van der Waals surface area contributed by atoms with Gasteiger partial charge in [0.25, 0.3) is 5.91 Å². The molecule has 28 heavy (non-hydrogen) atoms. The van der Waals surface area contributed by atoms with Crippen molar-refractivity contribution < 1.29 is 14.4 Å². The summed E-state index contributed by atoms with van der Waals surface area (Å²) >= 11 is 1.48. The van der Waals surface area contributed by atoms with Crippen LogP contribution in [0.25, 0.3) is 0 Å². The van der Waals surface area contributed by atoms with Gasteiger partial charge in [-0.15, -0.1) is 11.3 Å². The lowest BCUT2D eigenvalue weighted by Crippen LogP contribution is -2.44. The fourth-order valence-electron chi connectivity index (χ4n) is 4.56. The van der Waals surface area contributed by atoms with Crippen LogP contribution in [0.4, 0.5) is 9.80 Å². The molecule has 7 nitrogen and oxygen atoms in total. The van der Waals surface area contributed by atoms with Crippen LogP contribution in [-0.2, 0) is 22.4 Å². The quantitative estimate of drug-likeness (QED) is 0.759. The van der Waals surface area contributed by atoms with Crippen molar-refractivity contribution in [3.63, 3.8) is 0 Å². The smallest absolute Gasteiger partial charge is 0.323 e. The number of fused-ring (bicyclic) bond motifs is 1. The fraction of sp³-hybridized carbons (Fsp3) is 0.600. The van der Waals surface area contributed by atoms with E-state index in [1.54, 1.807) is 0 Å². The first-order valence-electron chi connectivity index (χ1n) is 9.92. The fourth-order valence-corrected chi connectivity index (χ4v) is 5.93. The standard InChI is InChI=1S/C20H24N4O3S/c1-12-4-5-13-14(11-21)17(28-15(13)10-12)22-16(25)6-9-24-18(26)20(23-19(24)27)7-2-3-8-20/h12H,2-10H2,1H3,(H,22,25)(H,23,27)/t12-/m0/s1. The van der Waals surface area contributed by atoms with Gasteiger partial charge in [0.05, 0.1) is 5.56 Å². The van der Waals surface area contributed by atoms with Gasteiger partial charge < -0.3 is 10.6 Å². The van der Waals surface area contributed by atoms with Crippen LogP contribution in [-0.4, -0.2) is 34.8 Å². The molecule has 1 atom stereocenters. The second-order valence-electron chi connectivity index (χ2n) is 8.14. The number of nitriles is 1. The Kier molecular flexibility index (Phi) is 4.88. The first-order chi connectivity index (χ1) is 13.4. The Morgan fingerprint density at radius 1 is 1.39 bits per heavy atom. The van der Waals surface area contributed by atoms with E-state index >= 15 is 0 Å². The zero-order chi connectivity index (χ0) is 19.9. The molecular formula is C20H24N4O3S. The molecule has 4 amide bonds. The third-order valence-corrected chi connectivity index (χ3v) is 7.31. The maximum atomic E-state index is 12.6. The van der Waals surface area contributed by atoms with E-state index in [4.69, 9.17) is 0 Å². The third-order valence-electron chi connectivity index (χ3n) is 6.14. The topological polar surface area (TPSA) is 102 Å². The van der Waals surface area contributed by atoms with E-state index < -0.39 is 11.6 Å². The summed E-state index contributed by atoms with van der Waals surface area (Å²) in [5, 5.41) is 15.8. The highest BCUT2D eigenvalue weighted by atomic mass is 32.1. The molecule has 2 heterocycles. The van der Waals surface area contributed by atoms with E-state index in [0.29, 0.717) is 29.3 Å². The van der Waals surface area contributed by atoms with Crippen molar-refractivity contribution in [2.45, 2.75) is 63.8 Å². The molecule has 2 N–H and O–H groups in total. The second-order valence-corrected chi connectivity index (χ2v) is 9.25. The van der Waals surface area contributed by atoms with Crippen molar-refractivity contribution >= 4 is 34.2 Å². The SMILES string of the molecule is C[C@H]1CCc2c(sc(NC(=O)CCN3C(=O)NC4(CCCC4)C3=O)c2C#N)C1. The zero-order valence-electron chi connectivity index (χ0n) is 16.0. The van der Waals surface area contributed by atoms with Crippen LogP contribution in [0.3, 0.4) is 0 Å². The number of urea groups is 1. The lowest BCUT2D eigenvalue weighted by atomic mass is 9.89. The van der Waals surface area contributed by atoms with Crippen LogP contribution in [0, 0.1) is 17.2 Å². The van der Waals surface area contributed by atoms with Crippen molar-refractivity contribution in [3.05, 3.63) is 16.0 Å². The second kappa shape index (κ2) is 7.21. The lowest BCUT2D eigenvalue weighted by Gasteiger charge is -2.19. The first-order valence-corrected chi connectivity index (χ1v) is 10.7. The number of nitrogens with zero attached hydrogens (tertiary/aromatic N) is 2. The van der Waals surface area contributed by atoms with Gasteiger partial charge in [0, 0.05) is 17.8 Å². The van der Waals surface area contributed by atoms with Gasteiger partial charge in [0.15, 0.2) is 0 Å². The normalized spacial score (nSPS) is 22.9. The summed E-state index contributed by atoms with van der Waals surface area (Å²) in [4.78, 5) is 39.7. The maximum absolute atomic E-state index is 12.6. The van der Waals surface area contributed by atoms with Gasteiger partial charge >= 0.3 is 6.03 Å². The lowest BCUT2D eigenvalue weighted by molar-refractivity contribution is -0.131. The molecule has 0 aromatic carbocycles. The van der Waals surface area contributed by atoms with Gasteiger partial charge in [-0.1, -0.05) is 19.8 Å². The van der Waals surface area contributed by atoms with Crippen molar-refractivity contribution in [3.8, 4) is 6.07 Å². The van der Waals surface area contributed by atoms with E-state index in [-0.39, 0.29) is 24.8 Å². The molecule has 8 heteroatoms. The number of carbonyl (C=O) groups is 3. The summed E-state index contributed by atoms with van der Waals surface area (Å²) in [7, 11) is 0. The van der Waals surface area contributed by atoms with Gasteiger partial charge in [-0.3, -0.25) is 14.5 Å². The molecule has 2 fully saturated rings. The molecule has 0 bridgehead atoms. The number of rotatable bonds is 4. The number of hydrogen-bond acceptors (Lipinski definition) is 5. The summed E-state index contributed by atoms with van der Waals surface area (Å²) in [6.45, 7) is 2.25. The minimum absolute atomic E-state index is 0.0269. The molecule has 0 radical (unpaired) electrons. The zero-order valence-corrected chi connectivity index (χ0v) is 16.8. The number of amides is 4. The number of hydrogen-bond donors (Lipinski definition) is 2. The Bertz CT molecular complexity index is 879. The van der Waals surface area contributed by atoms with Crippen LogP contribution in [0.5, 0.6) is 0 Å². The van der Waals surface area contributed by atoms with E-state index in [1.165, 1.54) is 16.2 Å². The van der Waals surface area contributed by atoms with E-state index in [0.717, 1.165) is 42.6 Å². The number of anilines is 1. The molecule has 1 saturated carbocycles. The van der Waals surface area contributed by atoms with Gasteiger partial charge in [-0.2, -0.15) is 5.26 Å². The van der Waals surface area contributed by atoms with Gasteiger partial charge in [0.2, 0.25) is 5.91 Å². The summed E-state index contributed by atoms with van der Waals surface area (Å²) in [5.41, 5.74) is 0.892. The number of thiophene rings is 1. The van der Waals surface area contributed by atoms with Crippen LogP contribution in [0.1, 0.15) is 61.5 Å². The molecule has 1 aliphatic heterocycles. The molecule has 0 unspecified atom stereocenters. The Morgan fingerprint density at radius 2 is 2.14 bits per heavy atom. The molecule has 4 rings (SSSR count). The Morgan fingerprint density at radius 3 is 2.86 bits per heavy atom. The molecule has 1 aromatic heterocycles. The van der Waals surface area contributed by atoms with Gasteiger partial charge in [0.1, 0.15) is 16.6 Å². The summed E-state index contributed by atoms with van der Waals surface area (Å²) in [6, 6.07) is 1.83. The summed E-state index contributed by atoms with van der Waals surface area (Å²) in [5.74, 6) is 0.0982. The number of carbonyl (C=O) groups excluding carboxylic acids is 3. The minimum atomic E-state index is -0.745. The first kappa shape index (κ1) is 18.9. The number of imide groups is 1. The van der Waals surface area contributed by atoms with Crippen molar-refractivity contribution in [1.29, 1.82) is 5.26 Å². The highest BCUT2D eigenvalue weighted by molar-refractivity contribution is 7.16. The number of nitrogens with one attached hydrogen (secondary N) is 2. The van der Waals surface area contributed by atoms with E-state index in [2.05, 4.69) is 23.6 Å². The predicted octanol–water partition coefficient (Wildman–Crippen LogP) is 2.94. The third kappa shape index (κ3) is 3.18. The van der Waals surface area contributed by atoms with Gasteiger partial charge in [-0.05, 0) is 43.6 Å². The molecular weight excluding hydrogens is 376 g/mol. The largest absolute Gasteiger partial charge is 0.325 e.